The quantitative estimate of drug-likeness (QED) is 0.466. The molecule has 0 spiro atoms. The summed E-state index contributed by atoms with van der Waals surface area (Å²) >= 11 is 0. The Morgan fingerprint density at radius 1 is 1.39 bits per heavy atom. The van der Waals surface area contributed by atoms with Crippen LogP contribution >= 0.6 is 0 Å². The van der Waals surface area contributed by atoms with Crippen LogP contribution in [0.4, 0.5) is 8.78 Å². The van der Waals surface area contributed by atoms with Crippen molar-refractivity contribution in [1.82, 2.24) is 10.6 Å². The molecule has 0 aromatic heterocycles. The first-order valence-electron chi connectivity index (χ1n) is 7.15. The topological polar surface area (TPSA) is 79.8 Å². The van der Waals surface area contributed by atoms with Gasteiger partial charge in [0, 0.05) is 19.2 Å². The van der Waals surface area contributed by atoms with Crippen LogP contribution in [0.15, 0.2) is 23.2 Å². The molecule has 0 saturated carbocycles. The summed E-state index contributed by atoms with van der Waals surface area (Å²) in [6.45, 7) is 0.590. The van der Waals surface area contributed by atoms with Gasteiger partial charge in [0.05, 0.1) is 18.1 Å². The number of hydrogen-bond donors (Lipinski definition) is 2. The lowest BCUT2D eigenvalue weighted by Gasteiger charge is -2.16. The largest absolute Gasteiger partial charge is 0.492 e. The van der Waals surface area contributed by atoms with Gasteiger partial charge in [-0.3, -0.25) is 4.99 Å². The Bertz CT molecular complexity index is 680. The first-order valence-corrected chi connectivity index (χ1v) is 8.97. The van der Waals surface area contributed by atoms with Crippen molar-refractivity contribution in [3.05, 3.63) is 29.8 Å². The van der Waals surface area contributed by atoms with Crippen molar-refractivity contribution in [1.29, 1.82) is 0 Å². The molecule has 1 aliphatic rings. The molecule has 1 unspecified atom stereocenters. The second-order valence-electron chi connectivity index (χ2n) is 5.17. The molecule has 9 heteroatoms. The van der Waals surface area contributed by atoms with Crippen LogP contribution in [0.3, 0.4) is 0 Å². The fourth-order valence-electron chi connectivity index (χ4n) is 2.20. The van der Waals surface area contributed by atoms with Gasteiger partial charge >= 0.3 is 0 Å². The molecule has 0 bridgehead atoms. The number of aliphatic imine (C=N–C) groups is 1. The molecule has 2 N–H and O–H groups in total. The Kier molecular flexibility index (Phi) is 5.75. The molecule has 1 atom stereocenters. The zero-order chi connectivity index (χ0) is 16.9. The van der Waals surface area contributed by atoms with Gasteiger partial charge < -0.3 is 15.4 Å². The van der Waals surface area contributed by atoms with E-state index in [1.165, 1.54) is 6.07 Å². The van der Waals surface area contributed by atoms with E-state index in [2.05, 4.69) is 15.6 Å². The van der Waals surface area contributed by atoms with E-state index in [4.69, 9.17) is 4.74 Å². The van der Waals surface area contributed by atoms with E-state index in [0.29, 0.717) is 18.9 Å². The molecule has 1 aromatic carbocycles. The lowest BCUT2D eigenvalue weighted by atomic mass is 10.3. The molecule has 2 rings (SSSR count). The number of sulfone groups is 1. The minimum Gasteiger partial charge on any atom is -0.492 e. The summed E-state index contributed by atoms with van der Waals surface area (Å²) in [5.74, 6) is -0.904. The first kappa shape index (κ1) is 17.5. The Morgan fingerprint density at radius 3 is 2.78 bits per heavy atom. The maximum atomic E-state index is 13.0. The highest BCUT2D eigenvalue weighted by Gasteiger charge is 2.28. The number of ether oxygens (including phenoxy) is 1. The van der Waals surface area contributed by atoms with Crippen LogP contribution in [0.25, 0.3) is 0 Å². The number of benzene rings is 1. The van der Waals surface area contributed by atoms with Crippen molar-refractivity contribution in [2.75, 3.05) is 31.7 Å². The van der Waals surface area contributed by atoms with E-state index >= 15 is 0 Å². The molecule has 1 aromatic rings. The number of rotatable bonds is 5. The summed E-state index contributed by atoms with van der Waals surface area (Å²) in [6.07, 6.45) is 0.550. The van der Waals surface area contributed by atoms with E-state index in [9.17, 15) is 17.2 Å². The molecule has 0 aliphatic carbocycles. The summed E-state index contributed by atoms with van der Waals surface area (Å²) in [7, 11) is -1.38. The van der Waals surface area contributed by atoms with Crippen molar-refractivity contribution >= 4 is 15.8 Å². The number of guanidine groups is 1. The minimum absolute atomic E-state index is 0.0963. The zero-order valence-corrected chi connectivity index (χ0v) is 13.5. The van der Waals surface area contributed by atoms with Gasteiger partial charge in [-0.05, 0) is 18.6 Å². The van der Waals surface area contributed by atoms with Crippen LogP contribution in [-0.2, 0) is 9.84 Å². The number of halogens is 2. The number of nitrogens with zero attached hydrogens (tertiary/aromatic N) is 1. The molecule has 1 fully saturated rings. The Labute approximate surface area is 133 Å². The summed E-state index contributed by atoms with van der Waals surface area (Å²) in [4.78, 5) is 4.00. The number of hydrogen-bond acceptors (Lipinski definition) is 4. The fraction of sp³-hybridized carbons (Fsp3) is 0.500. The van der Waals surface area contributed by atoms with Gasteiger partial charge in [0.15, 0.2) is 27.4 Å². The standard InChI is InChI=1S/C14H19F2N3O3S/c1-17-14(19-10-4-7-23(20,21)9-10)18-5-6-22-11-2-3-12(15)13(16)8-11/h2-3,8,10H,4-7,9H2,1H3,(H2,17,18,19). The van der Waals surface area contributed by atoms with E-state index in [1.54, 1.807) is 7.05 Å². The SMILES string of the molecule is CN=C(NCCOc1ccc(F)c(F)c1)NC1CCS(=O)(=O)C1. The van der Waals surface area contributed by atoms with Crippen LogP contribution in [0.5, 0.6) is 5.75 Å². The second-order valence-corrected chi connectivity index (χ2v) is 7.40. The third-order valence-electron chi connectivity index (χ3n) is 3.35. The van der Waals surface area contributed by atoms with E-state index in [0.717, 1.165) is 12.1 Å². The van der Waals surface area contributed by atoms with Gasteiger partial charge in [-0.15, -0.1) is 0 Å². The molecule has 1 aliphatic heterocycles. The molecule has 23 heavy (non-hydrogen) atoms. The summed E-state index contributed by atoms with van der Waals surface area (Å²) < 4.78 is 53.9. The first-order chi connectivity index (χ1) is 10.9. The van der Waals surface area contributed by atoms with Gasteiger partial charge in [-0.1, -0.05) is 0 Å². The van der Waals surface area contributed by atoms with Crippen LogP contribution < -0.4 is 15.4 Å². The molecule has 0 radical (unpaired) electrons. The second kappa shape index (κ2) is 7.58. The predicted octanol–water partition coefficient (Wildman–Crippen LogP) is 0.696. The highest BCUT2D eigenvalue weighted by Crippen LogP contribution is 2.15. The third-order valence-corrected chi connectivity index (χ3v) is 5.12. The lowest BCUT2D eigenvalue weighted by Crippen LogP contribution is -2.45. The summed E-state index contributed by atoms with van der Waals surface area (Å²) in [5.41, 5.74) is 0. The van der Waals surface area contributed by atoms with E-state index < -0.39 is 21.5 Å². The summed E-state index contributed by atoms with van der Waals surface area (Å²) in [6, 6.07) is 3.16. The smallest absolute Gasteiger partial charge is 0.191 e. The fourth-order valence-corrected chi connectivity index (χ4v) is 3.88. The van der Waals surface area contributed by atoms with E-state index in [-0.39, 0.29) is 29.9 Å². The highest BCUT2D eigenvalue weighted by molar-refractivity contribution is 7.91. The molecule has 6 nitrogen and oxygen atoms in total. The molecular weight excluding hydrogens is 328 g/mol. The third kappa shape index (κ3) is 5.34. The maximum Gasteiger partial charge on any atom is 0.191 e. The van der Waals surface area contributed by atoms with Gasteiger partial charge in [-0.2, -0.15) is 0 Å². The van der Waals surface area contributed by atoms with Crippen molar-refractivity contribution in [2.45, 2.75) is 12.5 Å². The van der Waals surface area contributed by atoms with Crippen LogP contribution in [-0.4, -0.2) is 52.1 Å². The van der Waals surface area contributed by atoms with Crippen LogP contribution in [0.1, 0.15) is 6.42 Å². The van der Waals surface area contributed by atoms with Crippen molar-refractivity contribution < 1.29 is 21.9 Å². The van der Waals surface area contributed by atoms with Gasteiger partial charge in [0.2, 0.25) is 0 Å². The molecular formula is C14H19F2N3O3S. The Hall–Kier alpha value is -1.90. The van der Waals surface area contributed by atoms with Crippen LogP contribution in [0.2, 0.25) is 0 Å². The minimum atomic E-state index is -2.95. The normalized spacial score (nSPS) is 20.3. The predicted molar refractivity (Wildman–Crippen MR) is 83.4 cm³/mol. The average Bonchev–Trinajstić information content (AvgIpc) is 2.84. The van der Waals surface area contributed by atoms with Gasteiger partial charge in [0.25, 0.3) is 0 Å². The van der Waals surface area contributed by atoms with Gasteiger partial charge in [0.1, 0.15) is 12.4 Å². The van der Waals surface area contributed by atoms with Crippen molar-refractivity contribution in [3.63, 3.8) is 0 Å². The van der Waals surface area contributed by atoms with Crippen LogP contribution in [0, 0.1) is 11.6 Å². The monoisotopic (exact) mass is 347 g/mol. The average molecular weight is 347 g/mol. The highest BCUT2D eigenvalue weighted by atomic mass is 32.2. The molecule has 1 saturated heterocycles. The van der Waals surface area contributed by atoms with Crippen molar-refractivity contribution in [2.24, 2.45) is 4.99 Å². The zero-order valence-electron chi connectivity index (χ0n) is 12.7. The maximum absolute atomic E-state index is 13.0. The van der Waals surface area contributed by atoms with Gasteiger partial charge in [-0.25, -0.2) is 17.2 Å². The Balaban J connectivity index is 1.73. The molecule has 1 heterocycles. The van der Waals surface area contributed by atoms with Crippen molar-refractivity contribution in [3.8, 4) is 5.75 Å². The Morgan fingerprint density at radius 2 is 2.17 bits per heavy atom. The number of nitrogens with one attached hydrogen (secondary N) is 2. The summed E-state index contributed by atoms with van der Waals surface area (Å²) in [5, 5.41) is 6.00. The lowest BCUT2D eigenvalue weighted by molar-refractivity contribution is 0.318. The van der Waals surface area contributed by atoms with E-state index in [1.807, 2.05) is 0 Å². The molecule has 128 valence electrons. The molecule has 0 amide bonds.